The van der Waals surface area contributed by atoms with E-state index in [1.807, 2.05) is 30.3 Å². The molecule has 24 heavy (non-hydrogen) atoms. The number of amides is 2. The number of nitriles is 1. The lowest BCUT2D eigenvalue weighted by Gasteiger charge is -2.24. The van der Waals surface area contributed by atoms with Gasteiger partial charge < -0.3 is 10.6 Å². The number of carbonyl (C=O) groups is 2. The van der Waals surface area contributed by atoms with Crippen LogP contribution in [-0.2, 0) is 16.0 Å². The molecule has 0 radical (unpaired) electrons. The fourth-order valence-corrected chi connectivity index (χ4v) is 2.84. The van der Waals surface area contributed by atoms with Crippen molar-refractivity contribution in [2.24, 2.45) is 5.92 Å². The summed E-state index contributed by atoms with van der Waals surface area (Å²) in [4.78, 5) is 24.2. The average Bonchev–Trinajstić information content (AvgIpc) is 2.60. The molecule has 0 aliphatic carbocycles. The Balaban J connectivity index is 1.57. The standard InChI is InChI=1S/C19H17N3O2/c20-12-13-4-3-6-16(10-13)21-18(23)9-8-15-11-14-5-1-2-7-17(14)22-19(15)24/h1-7,10,15H,8-9,11H2,(H,21,23)(H,22,24)/t15-/m1/s1. The van der Waals surface area contributed by atoms with Crippen LogP contribution in [0.15, 0.2) is 48.5 Å². The molecule has 2 amide bonds. The van der Waals surface area contributed by atoms with Gasteiger partial charge in [-0.15, -0.1) is 0 Å². The van der Waals surface area contributed by atoms with Crippen molar-refractivity contribution < 1.29 is 9.59 Å². The van der Waals surface area contributed by atoms with Gasteiger partial charge in [0.25, 0.3) is 0 Å². The van der Waals surface area contributed by atoms with Gasteiger partial charge in [-0.2, -0.15) is 5.26 Å². The molecular formula is C19H17N3O2. The van der Waals surface area contributed by atoms with E-state index in [9.17, 15) is 9.59 Å². The zero-order chi connectivity index (χ0) is 16.9. The van der Waals surface area contributed by atoms with Crippen LogP contribution in [0.3, 0.4) is 0 Å². The number of benzene rings is 2. The van der Waals surface area contributed by atoms with Gasteiger partial charge in [0.15, 0.2) is 0 Å². The number of anilines is 2. The molecule has 0 spiro atoms. The molecule has 2 aromatic rings. The molecule has 0 bridgehead atoms. The maximum absolute atomic E-state index is 12.1. The van der Waals surface area contributed by atoms with Crippen molar-refractivity contribution in [2.75, 3.05) is 10.6 Å². The van der Waals surface area contributed by atoms with E-state index in [1.165, 1.54) is 0 Å². The lowest BCUT2D eigenvalue weighted by Crippen LogP contribution is -2.30. The maximum atomic E-state index is 12.1. The van der Waals surface area contributed by atoms with Crippen molar-refractivity contribution in [1.29, 1.82) is 5.26 Å². The molecule has 2 aromatic carbocycles. The van der Waals surface area contributed by atoms with Crippen molar-refractivity contribution >= 4 is 23.2 Å². The molecule has 0 saturated heterocycles. The molecule has 5 heteroatoms. The van der Waals surface area contributed by atoms with Gasteiger partial charge in [0, 0.05) is 23.7 Å². The van der Waals surface area contributed by atoms with Gasteiger partial charge in [0.2, 0.25) is 11.8 Å². The van der Waals surface area contributed by atoms with E-state index < -0.39 is 0 Å². The van der Waals surface area contributed by atoms with Crippen molar-refractivity contribution in [2.45, 2.75) is 19.3 Å². The molecule has 5 nitrogen and oxygen atoms in total. The molecule has 120 valence electrons. The van der Waals surface area contributed by atoms with Crippen LogP contribution in [0.5, 0.6) is 0 Å². The topological polar surface area (TPSA) is 82.0 Å². The van der Waals surface area contributed by atoms with Gasteiger partial charge >= 0.3 is 0 Å². The summed E-state index contributed by atoms with van der Waals surface area (Å²) in [6.07, 6.45) is 1.40. The van der Waals surface area contributed by atoms with Crippen LogP contribution in [0, 0.1) is 17.2 Å². The van der Waals surface area contributed by atoms with E-state index in [4.69, 9.17) is 5.26 Å². The van der Waals surface area contributed by atoms with Crippen LogP contribution in [0.25, 0.3) is 0 Å². The molecule has 0 unspecified atom stereocenters. The summed E-state index contributed by atoms with van der Waals surface area (Å²) in [5.74, 6) is -0.388. The van der Waals surface area contributed by atoms with E-state index in [2.05, 4.69) is 10.6 Å². The Morgan fingerprint density at radius 3 is 2.92 bits per heavy atom. The number of nitrogens with one attached hydrogen (secondary N) is 2. The summed E-state index contributed by atoms with van der Waals surface area (Å²) >= 11 is 0. The van der Waals surface area contributed by atoms with Crippen molar-refractivity contribution in [3.05, 3.63) is 59.7 Å². The van der Waals surface area contributed by atoms with Gasteiger partial charge in [0.1, 0.15) is 0 Å². The molecule has 0 fully saturated rings. The van der Waals surface area contributed by atoms with Crippen molar-refractivity contribution in [3.8, 4) is 6.07 Å². The maximum Gasteiger partial charge on any atom is 0.227 e. The van der Waals surface area contributed by atoms with E-state index in [0.29, 0.717) is 24.1 Å². The average molecular weight is 319 g/mol. The third-order valence-corrected chi connectivity index (χ3v) is 4.11. The number of carbonyl (C=O) groups excluding carboxylic acids is 2. The highest BCUT2D eigenvalue weighted by Crippen LogP contribution is 2.27. The molecule has 0 aromatic heterocycles. The Hall–Kier alpha value is -3.13. The predicted octanol–water partition coefficient (Wildman–Crippen LogP) is 3.09. The van der Waals surface area contributed by atoms with Crippen LogP contribution in [0.1, 0.15) is 24.0 Å². The first-order valence-corrected chi connectivity index (χ1v) is 7.84. The number of para-hydroxylation sites is 1. The zero-order valence-corrected chi connectivity index (χ0v) is 13.1. The molecule has 1 heterocycles. The van der Waals surface area contributed by atoms with Crippen LogP contribution in [0.4, 0.5) is 11.4 Å². The minimum absolute atomic E-state index is 0.0343. The normalized spacial score (nSPS) is 15.8. The van der Waals surface area contributed by atoms with Gasteiger partial charge in [-0.05, 0) is 42.7 Å². The fraction of sp³-hybridized carbons (Fsp3) is 0.211. The van der Waals surface area contributed by atoms with E-state index in [-0.39, 0.29) is 24.2 Å². The first-order chi connectivity index (χ1) is 11.7. The lowest BCUT2D eigenvalue weighted by atomic mass is 9.89. The Morgan fingerprint density at radius 1 is 1.25 bits per heavy atom. The summed E-state index contributed by atoms with van der Waals surface area (Å²) in [5.41, 5.74) is 3.05. The fourth-order valence-electron chi connectivity index (χ4n) is 2.84. The second kappa shape index (κ2) is 6.97. The first kappa shape index (κ1) is 15.8. The minimum Gasteiger partial charge on any atom is -0.326 e. The zero-order valence-electron chi connectivity index (χ0n) is 13.1. The van der Waals surface area contributed by atoms with Gasteiger partial charge in [-0.3, -0.25) is 9.59 Å². The number of hydrogen-bond donors (Lipinski definition) is 2. The quantitative estimate of drug-likeness (QED) is 0.908. The third-order valence-electron chi connectivity index (χ3n) is 4.11. The van der Waals surface area contributed by atoms with Gasteiger partial charge in [-0.25, -0.2) is 0 Å². The molecule has 0 saturated carbocycles. The Labute approximate surface area is 140 Å². The summed E-state index contributed by atoms with van der Waals surface area (Å²) < 4.78 is 0. The number of rotatable bonds is 4. The molecule has 1 aliphatic heterocycles. The second-order valence-corrected chi connectivity index (χ2v) is 5.83. The lowest BCUT2D eigenvalue weighted by molar-refractivity contribution is -0.121. The molecule has 1 aliphatic rings. The molecule has 2 N–H and O–H groups in total. The Morgan fingerprint density at radius 2 is 2.08 bits per heavy atom. The molecular weight excluding hydrogens is 302 g/mol. The highest BCUT2D eigenvalue weighted by molar-refractivity contribution is 5.96. The van der Waals surface area contributed by atoms with Crippen LogP contribution in [-0.4, -0.2) is 11.8 Å². The Bertz CT molecular complexity index is 823. The summed E-state index contributed by atoms with van der Waals surface area (Å²) in [6.45, 7) is 0. The second-order valence-electron chi connectivity index (χ2n) is 5.83. The van der Waals surface area contributed by atoms with Crippen LogP contribution < -0.4 is 10.6 Å². The summed E-state index contributed by atoms with van der Waals surface area (Å²) in [7, 11) is 0. The van der Waals surface area contributed by atoms with Crippen LogP contribution in [0.2, 0.25) is 0 Å². The van der Waals surface area contributed by atoms with E-state index in [0.717, 1.165) is 11.3 Å². The Kier molecular flexibility index (Phi) is 4.57. The molecule has 1 atom stereocenters. The number of nitrogens with zero attached hydrogens (tertiary/aromatic N) is 1. The monoisotopic (exact) mass is 319 g/mol. The van der Waals surface area contributed by atoms with Crippen molar-refractivity contribution in [1.82, 2.24) is 0 Å². The highest BCUT2D eigenvalue weighted by atomic mass is 16.2. The summed E-state index contributed by atoms with van der Waals surface area (Å²) in [5, 5.41) is 14.5. The van der Waals surface area contributed by atoms with Gasteiger partial charge in [-0.1, -0.05) is 24.3 Å². The van der Waals surface area contributed by atoms with E-state index >= 15 is 0 Å². The van der Waals surface area contributed by atoms with E-state index in [1.54, 1.807) is 24.3 Å². The molecule has 3 rings (SSSR count). The number of hydrogen-bond acceptors (Lipinski definition) is 3. The first-order valence-electron chi connectivity index (χ1n) is 7.84. The smallest absolute Gasteiger partial charge is 0.227 e. The minimum atomic E-state index is -0.198. The SMILES string of the molecule is N#Cc1cccc(NC(=O)CC[C@@H]2Cc3ccccc3NC2=O)c1. The van der Waals surface area contributed by atoms with Crippen molar-refractivity contribution in [3.63, 3.8) is 0 Å². The largest absolute Gasteiger partial charge is 0.326 e. The van der Waals surface area contributed by atoms with Crippen LogP contribution >= 0.6 is 0 Å². The highest BCUT2D eigenvalue weighted by Gasteiger charge is 2.26. The predicted molar refractivity (Wildman–Crippen MR) is 91.3 cm³/mol. The third kappa shape index (κ3) is 3.61. The van der Waals surface area contributed by atoms with Gasteiger partial charge in [0.05, 0.1) is 11.6 Å². The number of fused-ring (bicyclic) bond motifs is 1. The summed E-state index contributed by atoms with van der Waals surface area (Å²) in [6, 6.07) is 16.5.